The Kier molecular flexibility index (Phi) is 6.84. The van der Waals surface area contributed by atoms with Crippen molar-refractivity contribution in [3.05, 3.63) is 0 Å². The second kappa shape index (κ2) is 8.15. The summed E-state index contributed by atoms with van der Waals surface area (Å²) in [4.78, 5) is 25.5. The van der Waals surface area contributed by atoms with Gasteiger partial charge in [-0.1, -0.05) is 13.8 Å². The van der Waals surface area contributed by atoms with E-state index in [-0.39, 0.29) is 24.4 Å². The largest absolute Gasteiger partial charge is 0.354 e. The van der Waals surface area contributed by atoms with E-state index in [9.17, 15) is 9.59 Å². The monoisotopic (exact) mass is 269 g/mol. The highest BCUT2D eigenvalue weighted by Gasteiger charge is 2.18. The molecule has 5 heteroatoms. The van der Waals surface area contributed by atoms with Gasteiger partial charge in [0.2, 0.25) is 11.8 Å². The van der Waals surface area contributed by atoms with Gasteiger partial charge in [0.05, 0.1) is 12.6 Å². The van der Waals surface area contributed by atoms with E-state index in [1.165, 1.54) is 6.42 Å². The van der Waals surface area contributed by atoms with Crippen molar-refractivity contribution in [3.8, 4) is 0 Å². The quantitative estimate of drug-likeness (QED) is 0.748. The third kappa shape index (κ3) is 6.05. The third-order valence-corrected chi connectivity index (χ3v) is 3.35. The Balaban J connectivity index is 2.22. The van der Waals surface area contributed by atoms with Crippen molar-refractivity contribution in [2.75, 3.05) is 26.2 Å². The van der Waals surface area contributed by atoms with Crippen molar-refractivity contribution in [1.29, 1.82) is 0 Å². The van der Waals surface area contributed by atoms with E-state index in [4.69, 9.17) is 0 Å². The summed E-state index contributed by atoms with van der Waals surface area (Å²) in [5.74, 6) is 0.495. The molecule has 0 saturated carbocycles. The first kappa shape index (κ1) is 16.0. The molecule has 1 saturated heterocycles. The van der Waals surface area contributed by atoms with Gasteiger partial charge in [-0.2, -0.15) is 0 Å². The van der Waals surface area contributed by atoms with E-state index >= 15 is 0 Å². The molecule has 1 aliphatic heterocycles. The Morgan fingerprint density at radius 3 is 2.32 bits per heavy atom. The minimum atomic E-state index is -0.326. The lowest BCUT2D eigenvalue weighted by molar-refractivity contribution is -0.131. The second-order valence-corrected chi connectivity index (χ2v) is 5.68. The molecule has 1 heterocycles. The van der Waals surface area contributed by atoms with E-state index in [2.05, 4.69) is 24.5 Å². The predicted molar refractivity (Wildman–Crippen MR) is 75.7 cm³/mol. The Hall–Kier alpha value is -1.10. The van der Waals surface area contributed by atoms with Crippen molar-refractivity contribution < 1.29 is 9.59 Å². The van der Waals surface area contributed by atoms with Crippen molar-refractivity contribution in [1.82, 2.24) is 15.5 Å². The lowest BCUT2D eigenvalue weighted by Gasteiger charge is -2.27. The van der Waals surface area contributed by atoms with Gasteiger partial charge in [-0.15, -0.1) is 0 Å². The van der Waals surface area contributed by atoms with Crippen LogP contribution in [0.4, 0.5) is 0 Å². The Labute approximate surface area is 116 Å². The minimum absolute atomic E-state index is 0.0415. The highest BCUT2D eigenvalue weighted by Crippen LogP contribution is 2.08. The molecule has 0 aromatic rings. The standard InChI is InChI=1S/C14H27N3O2/c1-11(2)9-16-14(19)12(3)15-10-13(18)17-7-5-4-6-8-17/h11-12,15H,4-10H2,1-3H3,(H,16,19). The van der Waals surface area contributed by atoms with Gasteiger partial charge in [0.15, 0.2) is 0 Å². The van der Waals surface area contributed by atoms with Gasteiger partial charge in [-0.05, 0) is 32.1 Å². The van der Waals surface area contributed by atoms with E-state index in [0.29, 0.717) is 12.5 Å². The Morgan fingerprint density at radius 1 is 1.11 bits per heavy atom. The zero-order valence-corrected chi connectivity index (χ0v) is 12.4. The van der Waals surface area contributed by atoms with Crippen molar-refractivity contribution in [3.63, 3.8) is 0 Å². The van der Waals surface area contributed by atoms with Crippen LogP contribution in [0.25, 0.3) is 0 Å². The number of rotatable bonds is 6. The van der Waals surface area contributed by atoms with E-state index in [1.807, 2.05) is 4.90 Å². The summed E-state index contributed by atoms with van der Waals surface area (Å²) >= 11 is 0. The molecule has 2 amide bonds. The van der Waals surface area contributed by atoms with Crippen LogP contribution >= 0.6 is 0 Å². The van der Waals surface area contributed by atoms with Gasteiger partial charge in [-0.3, -0.25) is 14.9 Å². The summed E-state index contributed by atoms with van der Waals surface area (Å²) in [7, 11) is 0. The Bertz CT molecular complexity index is 299. The molecule has 0 aromatic carbocycles. The van der Waals surface area contributed by atoms with Crippen LogP contribution < -0.4 is 10.6 Å². The van der Waals surface area contributed by atoms with Crippen LogP contribution in [-0.4, -0.2) is 48.9 Å². The number of nitrogens with one attached hydrogen (secondary N) is 2. The fraction of sp³-hybridized carbons (Fsp3) is 0.857. The smallest absolute Gasteiger partial charge is 0.236 e. The number of nitrogens with zero attached hydrogens (tertiary/aromatic N) is 1. The summed E-state index contributed by atoms with van der Waals surface area (Å²) in [6.07, 6.45) is 3.40. The van der Waals surface area contributed by atoms with Crippen LogP contribution in [0.2, 0.25) is 0 Å². The van der Waals surface area contributed by atoms with Crippen LogP contribution in [0.5, 0.6) is 0 Å². The molecule has 1 atom stereocenters. The first-order valence-corrected chi connectivity index (χ1v) is 7.29. The molecule has 0 radical (unpaired) electrons. The van der Waals surface area contributed by atoms with E-state index < -0.39 is 0 Å². The lowest BCUT2D eigenvalue weighted by atomic mass is 10.1. The van der Waals surface area contributed by atoms with Crippen LogP contribution in [0.1, 0.15) is 40.0 Å². The number of carbonyl (C=O) groups is 2. The molecule has 1 rings (SSSR count). The van der Waals surface area contributed by atoms with Gasteiger partial charge in [0.25, 0.3) is 0 Å². The summed E-state index contributed by atoms with van der Waals surface area (Å²) in [6, 6.07) is -0.326. The maximum Gasteiger partial charge on any atom is 0.236 e. The number of hydrogen-bond donors (Lipinski definition) is 2. The molecule has 2 N–H and O–H groups in total. The average molecular weight is 269 g/mol. The first-order valence-electron chi connectivity index (χ1n) is 7.29. The molecule has 0 aromatic heterocycles. The normalized spacial score (nSPS) is 17.4. The topological polar surface area (TPSA) is 61.4 Å². The summed E-state index contributed by atoms with van der Waals surface area (Å²) in [6.45, 7) is 8.53. The van der Waals surface area contributed by atoms with Crippen LogP contribution in [0, 0.1) is 5.92 Å². The molecule has 0 spiro atoms. The number of carbonyl (C=O) groups excluding carboxylic acids is 2. The fourth-order valence-corrected chi connectivity index (χ4v) is 2.05. The molecule has 0 aliphatic carbocycles. The number of piperidine rings is 1. The van der Waals surface area contributed by atoms with Gasteiger partial charge in [-0.25, -0.2) is 0 Å². The maximum atomic E-state index is 11.9. The zero-order chi connectivity index (χ0) is 14.3. The van der Waals surface area contributed by atoms with Crippen molar-refractivity contribution in [2.45, 2.75) is 46.1 Å². The number of likely N-dealkylation sites (tertiary alicyclic amines) is 1. The van der Waals surface area contributed by atoms with Crippen LogP contribution in [0.3, 0.4) is 0 Å². The molecular weight excluding hydrogens is 242 g/mol. The molecule has 19 heavy (non-hydrogen) atoms. The summed E-state index contributed by atoms with van der Waals surface area (Å²) < 4.78 is 0. The fourth-order valence-electron chi connectivity index (χ4n) is 2.05. The molecular formula is C14H27N3O2. The average Bonchev–Trinajstić information content (AvgIpc) is 2.42. The molecule has 1 unspecified atom stereocenters. The van der Waals surface area contributed by atoms with Gasteiger partial charge >= 0.3 is 0 Å². The van der Waals surface area contributed by atoms with Gasteiger partial charge in [0.1, 0.15) is 0 Å². The number of hydrogen-bond acceptors (Lipinski definition) is 3. The summed E-state index contributed by atoms with van der Waals surface area (Å²) in [5, 5.41) is 5.86. The SMILES string of the molecule is CC(C)CNC(=O)C(C)NCC(=O)N1CCCCC1. The van der Waals surface area contributed by atoms with Gasteiger partial charge < -0.3 is 10.2 Å². The third-order valence-electron chi connectivity index (χ3n) is 3.35. The highest BCUT2D eigenvalue weighted by atomic mass is 16.2. The maximum absolute atomic E-state index is 11.9. The van der Waals surface area contributed by atoms with E-state index in [1.54, 1.807) is 6.92 Å². The Morgan fingerprint density at radius 2 is 1.74 bits per heavy atom. The highest BCUT2D eigenvalue weighted by molar-refractivity contribution is 5.83. The summed E-state index contributed by atoms with van der Waals surface area (Å²) in [5.41, 5.74) is 0. The number of amides is 2. The molecule has 110 valence electrons. The van der Waals surface area contributed by atoms with Crippen LogP contribution in [-0.2, 0) is 9.59 Å². The zero-order valence-electron chi connectivity index (χ0n) is 12.4. The molecule has 0 bridgehead atoms. The first-order chi connectivity index (χ1) is 9.00. The molecule has 5 nitrogen and oxygen atoms in total. The van der Waals surface area contributed by atoms with Crippen molar-refractivity contribution in [2.24, 2.45) is 5.92 Å². The molecule has 1 fully saturated rings. The predicted octanol–water partition coefficient (Wildman–Crippen LogP) is 0.749. The van der Waals surface area contributed by atoms with Gasteiger partial charge in [0, 0.05) is 19.6 Å². The molecule has 1 aliphatic rings. The van der Waals surface area contributed by atoms with Crippen LogP contribution in [0.15, 0.2) is 0 Å². The second-order valence-electron chi connectivity index (χ2n) is 5.68. The minimum Gasteiger partial charge on any atom is -0.354 e. The van der Waals surface area contributed by atoms with E-state index in [0.717, 1.165) is 25.9 Å². The lowest BCUT2D eigenvalue weighted by Crippen LogP contribution is -2.48. The van der Waals surface area contributed by atoms with Crippen molar-refractivity contribution >= 4 is 11.8 Å².